The van der Waals surface area contributed by atoms with Crippen molar-refractivity contribution in [2.75, 3.05) is 27.2 Å². The largest absolute Gasteiger partial charge is 0.416 e. The molecule has 0 saturated carbocycles. The highest BCUT2D eigenvalue weighted by molar-refractivity contribution is 5.65. The van der Waals surface area contributed by atoms with Gasteiger partial charge in [-0.2, -0.15) is 18.3 Å². The molecule has 0 fully saturated rings. The highest BCUT2D eigenvalue weighted by atomic mass is 19.4. The predicted octanol–water partition coefficient (Wildman–Crippen LogP) is 2.78. The molecule has 7 heteroatoms. The highest BCUT2D eigenvalue weighted by Crippen LogP contribution is 2.32. The van der Waals surface area contributed by atoms with Gasteiger partial charge in [0.2, 0.25) is 0 Å². The Morgan fingerprint density at radius 1 is 1.21 bits per heavy atom. The summed E-state index contributed by atoms with van der Waals surface area (Å²) in [5.41, 5.74) is 3.16. The van der Waals surface area contributed by atoms with Crippen LogP contribution in [0.2, 0.25) is 0 Å². The van der Waals surface area contributed by atoms with Crippen LogP contribution in [0.4, 0.5) is 13.2 Å². The van der Waals surface area contributed by atoms with Crippen molar-refractivity contribution in [2.45, 2.75) is 25.7 Å². The number of rotatable bonds is 4. The number of hydrogen-bond donors (Lipinski definition) is 1. The molecule has 0 saturated heterocycles. The van der Waals surface area contributed by atoms with Gasteiger partial charge in [-0.3, -0.25) is 4.68 Å². The van der Waals surface area contributed by atoms with Crippen molar-refractivity contribution in [3.05, 3.63) is 41.1 Å². The lowest BCUT2D eigenvalue weighted by Crippen LogP contribution is -2.26. The first kappa shape index (κ1) is 17.0. The average Bonchev–Trinajstić information content (AvgIpc) is 2.91. The maximum atomic E-state index is 12.7. The minimum atomic E-state index is -4.31. The second kappa shape index (κ2) is 6.57. The summed E-state index contributed by atoms with van der Waals surface area (Å²) in [7, 11) is 4.02. The molecule has 2 heterocycles. The molecule has 3 rings (SSSR count). The van der Waals surface area contributed by atoms with Crippen molar-refractivity contribution in [1.29, 1.82) is 0 Å². The number of hydrogen-bond acceptors (Lipinski definition) is 3. The van der Waals surface area contributed by atoms with Gasteiger partial charge in [-0.25, -0.2) is 0 Å². The minimum absolute atomic E-state index is 0.634. The van der Waals surface area contributed by atoms with E-state index in [4.69, 9.17) is 5.10 Å². The molecule has 24 heavy (non-hydrogen) atoms. The van der Waals surface area contributed by atoms with Crippen LogP contribution >= 0.6 is 0 Å². The monoisotopic (exact) mass is 338 g/mol. The van der Waals surface area contributed by atoms with Gasteiger partial charge < -0.3 is 10.2 Å². The summed E-state index contributed by atoms with van der Waals surface area (Å²) >= 11 is 0. The van der Waals surface area contributed by atoms with E-state index in [1.54, 1.807) is 0 Å². The number of likely N-dealkylation sites (N-methyl/N-ethyl adjacent to an activating group) is 1. The van der Waals surface area contributed by atoms with E-state index < -0.39 is 11.7 Å². The first-order valence-corrected chi connectivity index (χ1v) is 7.98. The zero-order chi connectivity index (χ0) is 17.3. The first-order valence-electron chi connectivity index (χ1n) is 7.98. The Morgan fingerprint density at radius 2 is 1.92 bits per heavy atom. The Morgan fingerprint density at radius 3 is 2.54 bits per heavy atom. The number of nitrogens with one attached hydrogen (secondary N) is 1. The summed E-state index contributed by atoms with van der Waals surface area (Å²) in [4.78, 5) is 2.09. The fourth-order valence-corrected chi connectivity index (χ4v) is 2.95. The molecular formula is C17H21F3N4. The lowest BCUT2D eigenvalue weighted by molar-refractivity contribution is -0.137. The third kappa shape index (κ3) is 3.47. The van der Waals surface area contributed by atoms with Gasteiger partial charge >= 0.3 is 6.18 Å². The van der Waals surface area contributed by atoms with Gasteiger partial charge in [0.25, 0.3) is 0 Å². The SMILES string of the molecule is CN(C)CCn1nc(-c2ccc(C(F)(F)F)cc2)c2c1CCNC2. The summed E-state index contributed by atoms with van der Waals surface area (Å²) in [6.45, 7) is 3.24. The normalized spacial score (nSPS) is 14.9. The van der Waals surface area contributed by atoms with Gasteiger partial charge in [0, 0.05) is 42.9 Å². The average molecular weight is 338 g/mol. The van der Waals surface area contributed by atoms with Gasteiger partial charge in [-0.15, -0.1) is 0 Å². The third-order valence-electron chi connectivity index (χ3n) is 4.25. The Labute approximate surface area is 139 Å². The van der Waals surface area contributed by atoms with E-state index in [0.29, 0.717) is 6.54 Å². The molecule has 0 bridgehead atoms. The van der Waals surface area contributed by atoms with Crippen LogP contribution in [0.15, 0.2) is 24.3 Å². The first-order chi connectivity index (χ1) is 11.4. The zero-order valence-electron chi connectivity index (χ0n) is 13.8. The topological polar surface area (TPSA) is 33.1 Å². The van der Waals surface area contributed by atoms with Gasteiger partial charge in [0.15, 0.2) is 0 Å². The van der Waals surface area contributed by atoms with Crippen molar-refractivity contribution in [1.82, 2.24) is 20.0 Å². The molecule has 1 aromatic heterocycles. The van der Waals surface area contributed by atoms with Crippen molar-refractivity contribution in [3.8, 4) is 11.3 Å². The molecule has 0 aliphatic carbocycles. The minimum Gasteiger partial charge on any atom is -0.312 e. The Balaban J connectivity index is 1.95. The van der Waals surface area contributed by atoms with E-state index >= 15 is 0 Å². The van der Waals surface area contributed by atoms with Crippen LogP contribution in [-0.4, -0.2) is 41.9 Å². The zero-order valence-corrected chi connectivity index (χ0v) is 13.8. The molecule has 0 spiro atoms. The molecule has 130 valence electrons. The quantitative estimate of drug-likeness (QED) is 0.931. The lowest BCUT2D eigenvalue weighted by atomic mass is 10.0. The van der Waals surface area contributed by atoms with Crippen LogP contribution < -0.4 is 5.32 Å². The molecule has 2 aromatic rings. The van der Waals surface area contributed by atoms with Crippen LogP contribution in [0.25, 0.3) is 11.3 Å². The number of alkyl halides is 3. The number of nitrogens with zero attached hydrogens (tertiary/aromatic N) is 3. The van der Waals surface area contributed by atoms with Gasteiger partial charge in [0.05, 0.1) is 17.8 Å². The van der Waals surface area contributed by atoms with Crippen LogP contribution in [0, 0.1) is 0 Å². The molecule has 4 nitrogen and oxygen atoms in total. The van der Waals surface area contributed by atoms with E-state index in [1.807, 2.05) is 18.8 Å². The predicted molar refractivity (Wildman–Crippen MR) is 86.6 cm³/mol. The maximum Gasteiger partial charge on any atom is 0.416 e. The molecule has 1 N–H and O–H groups in total. The summed E-state index contributed by atoms with van der Waals surface area (Å²) < 4.78 is 40.2. The van der Waals surface area contributed by atoms with Gasteiger partial charge in [-0.1, -0.05) is 12.1 Å². The van der Waals surface area contributed by atoms with Gasteiger partial charge in [-0.05, 0) is 26.2 Å². The summed E-state index contributed by atoms with van der Waals surface area (Å²) in [6.07, 6.45) is -3.43. The van der Waals surface area contributed by atoms with E-state index in [0.717, 1.165) is 55.0 Å². The molecule has 0 atom stereocenters. The third-order valence-corrected chi connectivity index (χ3v) is 4.25. The second-order valence-corrected chi connectivity index (χ2v) is 6.30. The van der Waals surface area contributed by atoms with E-state index in [2.05, 4.69) is 10.2 Å². The van der Waals surface area contributed by atoms with Crippen LogP contribution in [0.3, 0.4) is 0 Å². The van der Waals surface area contributed by atoms with Crippen LogP contribution in [0.5, 0.6) is 0 Å². The number of benzene rings is 1. The van der Waals surface area contributed by atoms with Gasteiger partial charge in [0.1, 0.15) is 0 Å². The molecule has 1 aromatic carbocycles. The molecule has 1 aliphatic rings. The van der Waals surface area contributed by atoms with Crippen LogP contribution in [-0.2, 0) is 25.7 Å². The number of aromatic nitrogens is 2. The highest BCUT2D eigenvalue weighted by Gasteiger charge is 2.30. The van der Waals surface area contributed by atoms with Crippen molar-refractivity contribution in [3.63, 3.8) is 0 Å². The van der Waals surface area contributed by atoms with Crippen molar-refractivity contribution >= 4 is 0 Å². The van der Waals surface area contributed by atoms with Crippen molar-refractivity contribution in [2.24, 2.45) is 0 Å². The smallest absolute Gasteiger partial charge is 0.312 e. The second-order valence-electron chi connectivity index (χ2n) is 6.30. The summed E-state index contributed by atoms with van der Waals surface area (Å²) in [5.74, 6) is 0. The summed E-state index contributed by atoms with van der Waals surface area (Å²) in [5, 5.41) is 8.02. The Hall–Kier alpha value is -1.86. The maximum absolute atomic E-state index is 12.7. The van der Waals surface area contributed by atoms with E-state index in [9.17, 15) is 13.2 Å². The standard InChI is InChI=1S/C17H21F3N4/c1-23(2)9-10-24-15-7-8-21-11-14(15)16(22-24)12-3-5-13(6-4-12)17(18,19)20/h3-6,21H,7-11H2,1-2H3. The molecule has 0 unspecified atom stereocenters. The van der Waals surface area contributed by atoms with E-state index in [-0.39, 0.29) is 0 Å². The molecule has 1 aliphatic heterocycles. The van der Waals surface area contributed by atoms with Crippen molar-refractivity contribution < 1.29 is 13.2 Å². The molecule has 0 radical (unpaired) electrons. The summed E-state index contributed by atoms with van der Waals surface area (Å²) in [6, 6.07) is 5.26. The molecule has 0 amide bonds. The Kier molecular flexibility index (Phi) is 4.64. The Bertz CT molecular complexity index is 702. The fourth-order valence-electron chi connectivity index (χ4n) is 2.95. The van der Waals surface area contributed by atoms with Crippen LogP contribution in [0.1, 0.15) is 16.8 Å². The molecular weight excluding hydrogens is 317 g/mol. The number of fused-ring (bicyclic) bond motifs is 1. The van der Waals surface area contributed by atoms with E-state index in [1.165, 1.54) is 17.8 Å². The number of halogens is 3. The lowest BCUT2D eigenvalue weighted by Gasteiger charge is -2.17. The fraction of sp³-hybridized carbons (Fsp3) is 0.471.